The summed E-state index contributed by atoms with van der Waals surface area (Å²) >= 11 is 7.98. The molecule has 104 valence electrons. The molecule has 1 aliphatic rings. The van der Waals surface area contributed by atoms with Crippen LogP contribution in [0.2, 0.25) is 5.02 Å². The minimum Gasteiger partial charge on any atom is -0.324 e. The van der Waals surface area contributed by atoms with Gasteiger partial charge in [-0.2, -0.15) is 0 Å². The number of thioether (sulfide) groups is 1. The standard InChI is InChI=1S/C17H18ClNS/c18-14-8-9-16(15(10-14)17(19)13-6-7-13)20-11-12-4-2-1-3-5-12/h1-5,8-10,13,17H,6-7,11,19H2. The lowest BCUT2D eigenvalue weighted by Crippen LogP contribution is -2.13. The Morgan fingerprint density at radius 2 is 1.90 bits per heavy atom. The summed E-state index contributed by atoms with van der Waals surface area (Å²) in [6.07, 6.45) is 2.49. The Morgan fingerprint density at radius 1 is 1.15 bits per heavy atom. The maximum Gasteiger partial charge on any atom is 0.0410 e. The zero-order valence-electron chi connectivity index (χ0n) is 11.3. The molecule has 1 fully saturated rings. The minimum absolute atomic E-state index is 0.131. The van der Waals surface area contributed by atoms with Crippen molar-refractivity contribution in [1.29, 1.82) is 0 Å². The maximum absolute atomic E-state index is 6.37. The van der Waals surface area contributed by atoms with Crippen LogP contribution in [0.25, 0.3) is 0 Å². The number of benzene rings is 2. The van der Waals surface area contributed by atoms with E-state index in [9.17, 15) is 0 Å². The Kier molecular flexibility index (Phi) is 4.35. The average Bonchev–Trinajstić information content (AvgIpc) is 3.31. The molecule has 0 bridgehead atoms. The first-order valence-electron chi connectivity index (χ1n) is 6.96. The van der Waals surface area contributed by atoms with Crippen LogP contribution in [0.4, 0.5) is 0 Å². The van der Waals surface area contributed by atoms with Gasteiger partial charge in [0.15, 0.2) is 0 Å². The van der Waals surface area contributed by atoms with Gasteiger partial charge in [-0.1, -0.05) is 41.9 Å². The molecule has 1 aliphatic carbocycles. The summed E-state index contributed by atoms with van der Waals surface area (Å²) in [5.41, 5.74) is 8.91. The normalized spacial score (nSPS) is 16.1. The monoisotopic (exact) mass is 303 g/mol. The fraction of sp³-hybridized carbons (Fsp3) is 0.294. The van der Waals surface area contributed by atoms with Crippen LogP contribution >= 0.6 is 23.4 Å². The fourth-order valence-electron chi connectivity index (χ4n) is 2.36. The Morgan fingerprint density at radius 3 is 2.60 bits per heavy atom. The van der Waals surface area contributed by atoms with Gasteiger partial charge < -0.3 is 5.73 Å². The summed E-state index contributed by atoms with van der Waals surface area (Å²) in [6.45, 7) is 0. The molecular weight excluding hydrogens is 286 g/mol. The first-order chi connectivity index (χ1) is 9.74. The Balaban J connectivity index is 1.78. The van der Waals surface area contributed by atoms with Crippen LogP contribution in [0, 0.1) is 5.92 Å². The molecule has 1 unspecified atom stereocenters. The van der Waals surface area contributed by atoms with E-state index in [1.54, 1.807) is 0 Å². The first-order valence-corrected chi connectivity index (χ1v) is 8.32. The van der Waals surface area contributed by atoms with Gasteiger partial charge in [-0.05, 0) is 48.1 Å². The predicted molar refractivity (Wildman–Crippen MR) is 87.1 cm³/mol. The predicted octanol–water partition coefficient (Wildman–Crippen LogP) is 5.04. The Hall–Kier alpha value is -0.960. The molecule has 3 heteroatoms. The number of nitrogens with two attached hydrogens (primary N) is 1. The van der Waals surface area contributed by atoms with Crippen molar-refractivity contribution in [3.05, 3.63) is 64.7 Å². The smallest absolute Gasteiger partial charge is 0.0410 e. The van der Waals surface area contributed by atoms with Gasteiger partial charge in [-0.25, -0.2) is 0 Å². The molecular formula is C17H18ClNS. The summed E-state index contributed by atoms with van der Waals surface area (Å²) in [4.78, 5) is 1.26. The van der Waals surface area contributed by atoms with Crippen molar-refractivity contribution in [3.63, 3.8) is 0 Å². The van der Waals surface area contributed by atoms with E-state index >= 15 is 0 Å². The van der Waals surface area contributed by atoms with Gasteiger partial charge in [0.25, 0.3) is 0 Å². The Bertz CT molecular complexity index is 581. The number of halogens is 1. The summed E-state index contributed by atoms with van der Waals surface area (Å²) < 4.78 is 0. The van der Waals surface area contributed by atoms with Crippen LogP contribution in [-0.2, 0) is 5.75 Å². The van der Waals surface area contributed by atoms with Gasteiger partial charge in [0.1, 0.15) is 0 Å². The van der Waals surface area contributed by atoms with Crippen LogP contribution in [0.1, 0.15) is 30.0 Å². The van der Waals surface area contributed by atoms with Gasteiger partial charge in [-0.15, -0.1) is 11.8 Å². The maximum atomic E-state index is 6.37. The molecule has 2 aromatic rings. The molecule has 0 amide bonds. The number of hydrogen-bond acceptors (Lipinski definition) is 2. The number of rotatable bonds is 5. The third-order valence-electron chi connectivity index (χ3n) is 3.70. The van der Waals surface area contributed by atoms with Crippen molar-refractivity contribution in [2.24, 2.45) is 11.7 Å². The van der Waals surface area contributed by atoms with Gasteiger partial charge in [0.05, 0.1) is 0 Å². The van der Waals surface area contributed by atoms with E-state index in [-0.39, 0.29) is 6.04 Å². The second-order valence-electron chi connectivity index (χ2n) is 5.32. The summed E-state index contributed by atoms with van der Waals surface area (Å²) in [5.74, 6) is 1.61. The fourth-order valence-corrected chi connectivity index (χ4v) is 3.58. The zero-order chi connectivity index (χ0) is 13.9. The highest BCUT2D eigenvalue weighted by Crippen LogP contribution is 2.43. The Labute approximate surface area is 129 Å². The minimum atomic E-state index is 0.131. The lowest BCUT2D eigenvalue weighted by molar-refractivity contribution is 0.623. The quantitative estimate of drug-likeness (QED) is 0.783. The molecule has 20 heavy (non-hydrogen) atoms. The molecule has 1 atom stereocenters. The van der Waals surface area contributed by atoms with Gasteiger partial charge in [0.2, 0.25) is 0 Å². The summed E-state index contributed by atoms with van der Waals surface area (Å²) in [6, 6.07) is 16.7. The number of hydrogen-bond donors (Lipinski definition) is 1. The summed E-state index contributed by atoms with van der Waals surface area (Å²) in [7, 11) is 0. The molecule has 0 saturated heterocycles. The van der Waals surface area contributed by atoms with E-state index in [1.165, 1.54) is 28.9 Å². The highest BCUT2D eigenvalue weighted by Gasteiger charge is 2.30. The van der Waals surface area contributed by atoms with E-state index in [4.69, 9.17) is 17.3 Å². The second-order valence-corrected chi connectivity index (χ2v) is 6.77. The first kappa shape index (κ1) is 14.0. The van der Waals surface area contributed by atoms with Crippen molar-refractivity contribution >= 4 is 23.4 Å². The van der Waals surface area contributed by atoms with Crippen LogP contribution < -0.4 is 5.73 Å². The third kappa shape index (κ3) is 3.38. The van der Waals surface area contributed by atoms with E-state index in [2.05, 4.69) is 30.3 Å². The molecule has 0 aromatic heterocycles. The molecule has 2 N–H and O–H groups in total. The second kappa shape index (κ2) is 6.21. The van der Waals surface area contributed by atoms with Crippen molar-refractivity contribution in [2.45, 2.75) is 29.5 Å². The SMILES string of the molecule is NC(c1cc(Cl)ccc1SCc1ccccc1)C1CC1. The molecule has 0 spiro atoms. The highest BCUT2D eigenvalue weighted by molar-refractivity contribution is 7.98. The largest absolute Gasteiger partial charge is 0.324 e. The lowest BCUT2D eigenvalue weighted by Gasteiger charge is -2.16. The van der Waals surface area contributed by atoms with Crippen molar-refractivity contribution in [2.75, 3.05) is 0 Å². The molecule has 3 rings (SSSR count). The van der Waals surface area contributed by atoms with E-state index in [0.29, 0.717) is 5.92 Å². The third-order valence-corrected chi connectivity index (χ3v) is 5.09. The summed E-state index contributed by atoms with van der Waals surface area (Å²) in [5, 5.41) is 0.778. The topological polar surface area (TPSA) is 26.0 Å². The molecule has 0 radical (unpaired) electrons. The van der Waals surface area contributed by atoms with Crippen LogP contribution in [0.15, 0.2) is 53.4 Å². The van der Waals surface area contributed by atoms with E-state index in [0.717, 1.165) is 10.8 Å². The van der Waals surface area contributed by atoms with E-state index < -0.39 is 0 Å². The van der Waals surface area contributed by atoms with Crippen LogP contribution in [-0.4, -0.2) is 0 Å². The van der Waals surface area contributed by atoms with E-state index in [1.807, 2.05) is 30.0 Å². The van der Waals surface area contributed by atoms with Crippen molar-refractivity contribution in [1.82, 2.24) is 0 Å². The highest BCUT2D eigenvalue weighted by atomic mass is 35.5. The van der Waals surface area contributed by atoms with Gasteiger partial charge >= 0.3 is 0 Å². The zero-order valence-corrected chi connectivity index (χ0v) is 12.8. The van der Waals surface area contributed by atoms with Gasteiger partial charge in [0, 0.05) is 21.7 Å². The van der Waals surface area contributed by atoms with Crippen molar-refractivity contribution < 1.29 is 0 Å². The van der Waals surface area contributed by atoms with Gasteiger partial charge in [-0.3, -0.25) is 0 Å². The molecule has 1 nitrogen and oxygen atoms in total. The average molecular weight is 304 g/mol. The van der Waals surface area contributed by atoms with Crippen LogP contribution in [0.5, 0.6) is 0 Å². The lowest BCUT2D eigenvalue weighted by atomic mass is 10.0. The van der Waals surface area contributed by atoms with Crippen LogP contribution in [0.3, 0.4) is 0 Å². The van der Waals surface area contributed by atoms with Crippen molar-refractivity contribution in [3.8, 4) is 0 Å². The molecule has 0 aliphatic heterocycles. The molecule has 1 saturated carbocycles. The molecule has 2 aromatic carbocycles. The molecule has 0 heterocycles.